The first kappa shape index (κ1) is 15.8. The normalized spacial score (nSPS) is 11.0. The molecule has 8 nitrogen and oxygen atoms in total. The minimum absolute atomic E-state index is 0.124. The molecule has 4 rings (SSSR count). The van der Waals surface area contributed by atoms with Crippen LogP contribution in [0.1, 0.15) is 5.89 Å². The first-order valence-corrected chi connectivity index (χ1v) is 7.85. The van der Waals surface area contributed by atoms with E-state index in [2.05, 4.69) is 15.1 Å². The van der Waals surface area contributed by atoms with E-state index in [1.807, 2.05) is 12.1 Å². The van der Waals surface area contributed by atoms with E-state index in [4.69, 9.17) is 9.26 Å². The lowest BCUT2D eigenvalue weighted by atomic mass is 10.2. The first-order chi connectivity index (χ1) is 12.7. The highest BCUT2D eigenvalue weighted by molar-refractivity contribution is 5.76. The van der Waals surface area contributed by atoms with Crippen LogP contribution in [0.3, 0.4) is 0 Å². The van der Waals surface area contributed by atoms with E-state index < -0.39 is 11.2 Å². The van der Waals surface area contributed by atoms with Gasteiger partial charge in [0.05, 0.1) is 23.6 Å². The molecule has 0 aliphatic carbocycles. The highest BCUT2D eigenvalue weighted by Crippen LogP contribution is 2.27. The smallest absolute Gasteiger partial charge is 0.329 e. The Morgan fingerprint density at radius 2 is 1.88 bits per heavy atom. The second-order valence-electron chi connectivity index (χ2n) is 5.58. The molecule has 0 bridgehead atoms. The summed E-state index contributed by atoms with van der Waals surface area (Å²) in [7, 11) is 1.55. The third-order valence-corrected chi connectivity index (χ3v) is 4.00. The van der Waals surface area contributed by atoms with Crippen LogP contribution in [0.5, 0.6) is 5.75 Å². The highest BCUT2D eigenvalue weighted by Gasteiger charge is 2.15. The van der Waals surface area contributed by atoms with Gasteiger partial charge in [-0.15, -0.1) is 0 Å². The van der Waals surface area contributed by atoms with Gasteiger partial charge in [-0.1, -0.05) is 29.4 Å². The summed E-state index contributed by atoms with van der Waals surface area (Å²) in [5.41, 5.74) is 0.191. The van der Waals surface area contributed by atoms with Gasteiger partial charge in [-0.3, -0.25) is 9.36 Å². The SMILES string of the molecule is COc1ccccc1-c1noc(Cn2c(=O)[nH]c3ccccc3c2=O)n1. The minimum Gasteiger partial charge on any atom is -0.496 e. The van der Waals surface area contributed by atoms with Crippen molar-refractivity contribution in [2.75, 3.05) is 7.11 Å². The van der Waals surface area contributed by atoms with Crippen molar-refractivity contribution >= 4 is 10.9 Å². The number of fused-ring (bicyclic) bond motifs is 1. The Balaban J connectivity index is 1.74. The van der Waals surface area contributed by atoms with Gasteiger partial charge < -0.3 is 14.2 Å². The minimum atomic E-state index is -0.536. The number of aromatic nitrogens is 4. The van der Waals surface area contributed by atoms with Gasteiger partial charge in [-0.25, -0.2) is 4.79 Å². The topological polar surface area (TPSA) is 103 Å². The predicted molar refractivity (Wildman–Crippen MR) is 94.2 cm³/mol. The summed E-state index contributed by atoms with van der Waals surface area (Å²) in [6, 6.07) is 14.0. The van der Waals surface area contributed by atoms with Crippen molar-refractivity contribution in [1.82, 2.24) is 19.7 Å². The number of nitrogens with one attached hydrogen (secondary N) is 1. The zero-order valence-corrected chi connectivity index (χ0v) is 13.8. The fourth-order valence-electron chi connectivity index (χ4n) is 2.74. The van der Waals surface area contributed by atoms with Gasteiger partial charge in [-0.05, 0) is 24.3 Å². The molecular formula is C18H14N4O4. The van der Waals surface area contributed by atoms with Crippen molar-refractivity contribution in [3.63, 3.8) is 0 Å². The second-order valence-corrected chi connectivity index (χ2v) is 5.58. The maximum atomic E-state index is 12.6. The molecule has 0 saturated carbocycles. The fourth-order valence-corrected chi connectivity index (χ4v) is 2.74. The third kappa shape index (κ3) is 2.67. The van der Waals surface area contributed by atoms with Crippen molar-refractivity contribution < 1.29 is 9.26 Å². The Morgan fingerprint density at radius 3 is 2.73 bits per heavy atom. The standard InChI is InChI=1S/C18H14N4O4/c1-25-14-9-5-3-7-12(14)16-20-15(26-21-16)10-22-17(23)11-6-2-4-8-13(11)19-18(22)24/h2-9H,10H2,1H3,(H,19,24). The maximum Gasteiger partial charge on any atom is 0.329 e. The highest BCUT2D eigenvalue weighted by atomic mass is 16.5. The number of rotatable bonds is 4. The Morgan fingerprint density at radius 1 is 1.12 bits per heavy atom. The molecule has 0 atom stereocenters. The molecule has 0 amide bonds. The fraction of sp³-hybridized carbons (Fsp3) is 0.111. The van der Waals surface area contributed by atoms with Crippen LogP contribution in [-0.2, 0) is 6.54 Å². The van der Waals surface area contributed by atoms with Crippen LogP contribution < -0.4 is 16.0 Å². The molecular weight excluding hydrogens is 336 g/mol. The number of aromatic amines is 1. The van der Waals surface area contributed by atoms with Crippen LogP contribution in [0, 0.1) is 0 Å². The number of nitrogens with zero attached hydrogens (tertiary/aromatic N) is 3. The molecule has 0 spiro atoms. The molecule has 0 aliphatic rings. The number of ether oxygens (including phenoxy) is 1. The summed E-state index contributed by atoms with van der Waals surface area (Å²) in [4.78, 5) is 31.7. The average Bonchev–Trinajstić information content (AvgIpc) is 3.13. The molecule has 4 aromatic rings. The summed E-state index contributed by atoms with van der Waals surface area (Å²) in [6.07, 6.45) is 0. The Hall–Kier alpha value is -3.68. The second kappa shape index (κ2) is 6.32. The van der Waals surface area contributed by atoms with Crippen LogP contribution in [0.15, 0.2) is 62.6 Å². The van der Waals surface area contributed by atoms with Crippen LogP contribution in [-0.4, -0.2) is 26.8 Å². The van der Waals surface area contributed by atoms with E-state index in [0.29, 0.717) is 28.0 Å². The molecule has 2 aromatic carbocycles. The van der Waals surface area contributed by atoms with Crippen molar-refractivity contribution in [2.24, 2.45) is 0 Å². The number of hydrogen-bond donors (Lipinski definition) is 1. The molecule has 130 valence electrons. The molecule has 0 saturated heterocycles. The van der Waals surface area contributed by atoms with Crippen LogP contribution in [0.25, 0.3) is 22.3 Å². The number of para-hydroxylation sites is 2. The van der Waals surface area contributed by atoms with Gasteiger partial charge in [0.1, 0.15) is 12.3 Å². The lowest BCUT2D eigenvalue weighted by Crippen LogP contribution is -2.35. The number of methoxy groups -OCH3 is 1. The van der Waals surface area contributed by atoms with Gasteiger partial charge >= 0.3 is 5.69 Å². The zero-order valence-electron chi connectivity index (χ0n) is 13.8. The van der Waals surface area contributed by atoms with Gasteiger partial charge in [-0.2, -0.15) is 4.98 Å². The van der Waals surface area contributed by atoms with E-state index in [-0.39, 0.29) is 12.4 Å². The Kier molecular flexibility index (Phi) is 3.85. The Labute approximate surface area is 146 Å². The molecule has 2 heterocycles. The van der Waals surface area contributed by atoms with Gasteiger partial charge in [0.15, 0.2) is 0 Å². The van der Waals surface area contributed by atoms with E-state index in [1.54, 1.807) is 43.5 Å². The first-order valence-electron chi connectivity index (χ1n) is 7.85. The van der Waals surface area contributed by atoms with Crippen molar-refractivity contribution in [2.45, 2.75) is 6.54 Å². The van der Waals surface area contributed by atoms with E-state index >= 15 is 0 Å². The maximum absolute atomic E-state index is 12.6. The molecule has 0 fully saturated rings. The average molecular weight is 350 g/mol. The molecule has 2 aromatic heterocycles. The van der Waals surface area contributed by atoms with Crippen LogP contribution >= 0.6 is 0 Å². The Bertz CT molecular complexity index is 1210. The lowest BCUT2D eigenvalue weighted by molar-refractivity contribution is 0.367. The van der Waals surface area contributed by atoms with E-state index in [9.17, 15) is 9.59 Å². The summed E-state index contributed by atoms with van der Waals surface area (Å²) >= 11 is 0. The molecule has 0 aliphatic heterocycles. The predicted octanol–water partition coefficient (Wildman–Crippen LogP) is 1.80. The van der Waals surface area contributed by atoms with Gasteiger partial charge in [0.2, 0.25) is 11.7 Å². The molecule has 0 unspecified atom stereocenters. The van der Waals surface area contributed by atoms with Gasteiger partial charge in [0, 0.05) is 0 Å². The summed E-state index contributed by atoms with van der Waals surface area (Å²) in [5, 5.41) is 4.33. The largest absolute Gasteiger partial charge is 0.496 e. The monoisotopic (exact) mass is 350 g/mol. The van der Waals surface area contributed by atoms with Gasteiger partial charge in [0.25, 0.3) is 5.56 Å². The lowest BCUT2D eigenvalue weighted by Gasteiger charge is -2.04. The number of H-pyrrole nitrogens is 1. The number of benzene rings is 2. The van der Waals surface area contributed by atoms with Crippen LogP contribution in [0.2, 0.25) is 0 Å². The summed E-state index contributed by atoms with van der Waals surface area (Å²) < 4.78 is 11.5. The van der Waals surface area contributed by atoms with E-state index in [1.165, 1.54) is 0 Å². The molecule has 8 heteroatoms. The molecule has 1 N–H and O–H groups in total. The zero-order chi connectivity index (χ0) is 18.1. The number of hydrogen-bond acceptors (Lipinski definition) is 6. The quantitative estimate of drug-likeness (QED) is 0.602. The van der Waals surface area contributed by atoms with Crippen molar-refractivity contribution in [3.8, 4) is 17.1 Å². The molecule has 26 heavy (non-hydrogen) atoms. The van der Waals surface area contributed by atoms with Crippen LogP contribution in [0.4, 0.5) is 0 Å². The molecule has 0 radical (unpaired) electrons. The van der Waals surface area contributed by atoms with Crippen molar-refractivity contribution in [3.05, 3.63) is 75.3 Å². The summed E-state index contributed by atoms with van der Waals surface area (Å²) in [6.45, 7) is -0.124. The van der Waals surface area contributed by atoms with Crippen molar-refractivity contribution in [1.29, 1.82) is 0 Å². The van der Waals surface area contributed by atoms with E-state index in [0.717, 1.165) is 4.57 Å². The summed E-state index contributed by atoms with van der Waals surface area (Å²) in [5.74, 6) is 1.07. The third-order valence-electron chi connectivity index (χ3n) is 4.00.